The fraction of sp³-hybridized carbons (Fsp3) is 0.222. The monoisotopic (exact) mass is 575 g/mol. The van der Waals surface area contributed by atoms with Gasteiger partial charge in [0.25, 0.3) is 11.5 Å². The van der Waals surface area contributed by atoms with Gasteiger partial charge < -0.3 is 14.6 Å². The molecule has 39 heavy (non-hydrogen) atoms. The lowest BCUT2D eigenvalue weighted by atomic mass is 10.1. The van der Waals surface area contributed by atoms with E-state index in [1.807, 2.05) is 47.4 Å². The van der Waals surface area contributed by atoms with E-state index in [1.54, 1.807) is 17.0 Å². The van der Waals surface area contributed by atoms with Crippen molar-refractivity contribution in [2.45, 2.75) is 30.3 Å². The van der Waals surface area contributed by atoms with Gasteiger partial charge in [0.15, 0.2) is 0 Å². The highest BCUT2D eigenvalue weighted by Crippen LogP contribution is 2.43. The van der Waals surface area contributed by atoms with Crippen molar-refractivity contribution >= 4 is 40.2 Å². The van der Waals surface area contributed by atoms with Crippen LogP contribution in [0.3, 0.4) is 0 Å². The number of fused-ring (bicyclic) bond motifs is 2. The predicted octanol–water partition coefficient (Wildman–Crippen LogP) is 5.22. The van der Waals surface area contributed by atoms with Gasteiger partial charge in [0.2, 0.25) is 0 Å². The molecule has 2 heterocycles. The van der Waals surface area contributed by atoms with Gasteiger partial charge in [-0.1, -0.05) is 60.1 Å². The molecule has 0 saturated heterocycles. The molecule has 0 spiro atoms. The van der Waals surface area contributed by atoms with Gasteiger partial charge in [0.05, 0.1) is 45.6 Å². The first-order valence-electron chi connectivity index (χ1n) is 11.8. The Hall–Kier alpha value is -3.54. The van der Waals surface area contributed by atoms with Crippen LogP contribution in [-0.2, 0) is 24.1 Å². The summed E-state index contributed by atoms with van der Waals surface area (Å²) in [7, 11) is 0. The maximum Gasteiger partial charge on any atom is 0.417 e. The molecule has 1 amide bonds. The van der Waals surface area contributed by atoms with Crippen LogP contribution in [0.15, 0.2) is 75.1 Å². The van der Waals surface area contributed by atoms with Crippen LogP contribution in [0, 0.1) is 0 Å². The topological polar surface area (TPSA) is 95.3 Å². The number of aromatic nitrogens is 2. The zero-order chi connectivity index (χ0) is 27.7. The zero-order valence-corrected chi connectivity index (χ0v) is 21.8. The number of aromatic amines is 2. The number of rotatable bonds is 8. The summed E-state index contributed by atoms with van der Waals surface area (Å²) in [6, 6.07) is 16.6. The third-order valence-corrected chi connectivity index (χ3v) is 8.12. The molecule has 3 aromatic carbocycles. The predicted molar refractivity (Wildman–Crippen MR) is 142 cm³/mol. The summed E-state index contributed by atoms with van der Waals surface area (Å²) >= 11 is 7.14. The summed E-state index contributed by atoms with van der Waals surface area (Å²) in [6.45, 7) is 0.669. The minimum atomic E-state index is -4.84. The second kappa shape index (κ2) is 10.9. The fourth-order valence-corrected chi connectivity index (χ4v) is 6.06. The van der Waals surface area contributed by atoms with Crippen molar-refractivity contribution in [3.8, 4) is 0 Å². The Balaban J connectivity index is 1.48. The van der Waals surface area contributed by atoms with Gasteiger partial charge in [-0.05, 0) is 23.3 Å². The molecule has 0 unspecified atom stereocenters. The molecule has 0 bridgehead atoms. The molecule has 202 valence electrons. The molecular formula is C27H21ClF3N3O4S. The maximum absolute atomic E-state index is 13.8. The molecule has 1 aliphatic rings. The lowest BCUT2D eigenvalue weighted by molar-refractivity contribution is -0.137. The number of amides is 1. The van der Waals surface area contributed by atoms with Crippen molar-refractivity contribution in [3.05, 3.63) is 109 Å². The lowest BCUT2D eigenvalue weighted by Gasteiger charge is -2.28. The molecule has 0 radical (unpaired) electrons. The van der Waals surface area contributed by atoms with Crippen LogP contribution in [0.5, 0.6) is 0 Å². The van der Waals surface area contributed by atoms with Crippen molar-refractivity contribution in [3.63, 3.8) is 0 Å². The number of nitrogens with zero attached hydrogens (tertiary/aromatic N) is 1. The molecule has 2 N–H and O–H groups in total. The van der Waals surface area contributed by atoms with Gasteiger partial charge in [-0.2, -0.15) is 13.2 Å². The molecule has 0 fully saturated rings. The normalized spacial score (nSPS) is 14.2. The molecule has 12 heteroatoms. The molecule has 7 nitrogen and oxygen atoms in total. The van der Waals surface area contributed by atoms with E-state index in [0.29, 0.717) is 18.2 Å². The summed E-state index contributed by atoms with van der Waals surface area (Å²) < 4.78 is 47.3. The average Bonchev–Trinajstić information content (AvgIpc) is 3.23. The number of benzene rings is 3. The Morgan fingerprint density at radius 2 is 1.74 bits per heavy atom. The number of hydrogen-bond acceptors (Lipinski definition) is 5. The summed E-state index contributed by atoms with van der Waals surface area (Å²) in [4.78, 5) is 43.4. The maximum atomic E-state index is 13.8. The van der Waals surface area contributed by atoms with Crippen molar-refractivity contribution in [1.29, 1.82) is 0 Å². The highest BCUT2D eigenvalue weighted by atomic mass is 35.5. The van der Waals surface area contributed by atoms with E-state index in [1.165, 1.54) is 0 Å². The molecular weight excluding hydrogens is 555 g/mol. The molecule has 4 aromatic rings. The zero-order valence-electron chi connectivity index (χ0n) is 20.2. The third-order valence-electron chi connectivity index (χ3n) is 6.37. The smallest absolute Gasteiger partial charge is 0.375 e. The van der Waals surface area contributed by atoms with Gasteiger partial charge in [-0.25, -0.2) is 4.79 Å². The Labute approximate surface area is 228 Å². The van der Waals surface area contributed by atoms with Crippen molar-refractivity contribution in [2.75, 3.05) is 12.4 Å². The summed E-state index contributed by atoms with van der Waals surface area (Å²) in [5, 5.41) is -0.989. The van der Waals surface area contributed by atoms with Gasteiger partial charge in [0, 0.05) is 17.9 Å². The van der Waals surface area contributed by atoms with Crippen LogP contribution in [0.25, 0.3) is 10.9 Å². The van der Waals surface area contributed by atoms with E-state index in [0.717, 1.165) is 22.9 Å². The average molecular weight is 576 g/mol. The Bertz CT molecular complexity index is 1660. The number of carbonyl (C=O) groups is 1. The van der Waals surface area contributed by atoms with Crippen molar-refractivity contribution in [2.24, 2.45) is 0 Å². The van der Waals surface area contributed by atoms with E-state index in [2.05, 4.69) is 4.98 Å². The van der Waals surface area contributed by atoms with E-state index in [4.69, 9.17) is 16.3 Å². The summed E-state index contributed by atoms with van der Waals surface area (Å²) in [5.74, 6) is -0.135. The molecule has 1 aromatic heterocycles. The number of hydrogen-bond donors (Lipinski definition) is 2. The van der Waals surface area contributed by atoms with Crippen LogP contribution >= 0.6 is 23.4 Å². The number of halogens is 4. The number of ether oxygens (including phenoxy) is 1. The van der Waals surface area contributed by atoms with Gasteiger partial charge >= 0.3 is 11.9 Å². The minimum Gasteiger partial charge on any atom is -0.375 e. The molecule has 1 atom stereocenters. The van der Waals surface area contributed by atoms with E-state index < -0.39 is 34.1 Å². The first-order valence-corrected chi connectivity index (χ1v) is 13.2. The quantitative estimate of drug-likeness (QED) is 0.281. The Morgan fingerprint density at radius 1 is 1.03 bits per heavy atom. The second-order valence-electron chi connectivity index (χ2n) is 8.95. The number of carbonyl (C=O) groups excluding carboxylic acids is 1. The number of H-pyrrole nitrogens is 2. The van der Waals surface area contributed by atoms with Crippen LogP contribution in [-0.4, -0.2) is 39.2 Å². The van der Waals surface area contributed by atoms with Crippen molar-refractivity contribution in [1.82, 2.24) is 14.9 Å². The van der Waals surface area contributed by atoms with Crippen molar-refractivity contribution < 1.29 is 22.7 Å². The van der Waals surface area contributed by atoms with Crippen LogP contribution in [0.1, 0.15) is 27.0 Å². The SMILES string of the molecule is O=C1c2ccccc2CN1[C@@H](COCc1ccccc1)CSc1c(Cl)c(C(F)(F)F)cc2c(=O)[nH]c(=O)[nH]c12. The lowest BCUT2D eigenvalue weighted by Crippen LogP contribution is -2.40. The second-order valence-corrected chi connectivity index (χ2v) is 10.4. The fourth-order valence-electron chi connectivity index (χ4n) is 4.46. The summed E-state index contributed by atoms with van der Waals surface area (Å²) in [5.41, 5.74) is -0.842. The summed E-state index contributed by atoms with van der Waals surface area (Å²) in [6.07, 6.45) is -4.84. The van der Waals surface area contributed by atoms with E-state index in [-0.39, 0.29) is 40.7 Å². The highest BCUT2D eigenvalue weighted by molar-refractivity contribution is 7.99. The third kappa shape index (κ3) is 5.61. The van der Waals surface area contributed by atoms with Gasteiger partial charge in [-0.3, -0.25) is 14.6 Å². The Morgan fingerprint density at radius 3 is 2.46 bits per heavy atom. The van der Waals surface area contributed by atoms with Crippen LogP contribution in [0.4, 0.5) is 13.2 Å². The molecule has 0 aliphatic carbocycles. The molecule has 0 saturated carbocycles. The number of thioether (sulfide) groups is 1. The Kier molecular flexibility index (Phi) is 7.57. The van der Waals surface area contributed by atoms with E-state index in [9.17, 15) is 27.6 Å². The molecule has 1 aliphatic heterocycles. The number of alkyl halides is 3. The standard InChI is InChI=1S/C27H21ClF3N3O4S/c28-21-20(27(29,30)31)10-19-22(32-26(37)33-24(19)35)23(21)39-14-17(13-38-12-15-6-2-1-3-7-15)34-11-16-8-4-5-9-18(16)25(34)36/h1-10,17H,11-14H2,(H2,32,33,35,37)/t17-/m0/s1. The molecule has 5 rings (SSSR count). The van der Waals surface area contributed by atoms with Crippen LogP contribution < -0.4 is 11.2 Å². The largest absolute Gasteiger partial charge is 0.417 e. The van der Waals surface area contributed by atoms with E-state index >= 15 is 0 Å². The number of nitrogens with one attached hydrogen (secondary N) is 2. The first kappa shape index (κ1) is 27.0. The van der Waals surface area contributed by atoms with Crippen LogP contribution in [0.2, 0.25) is 5.02 Å². The first-order chi connectivity index (χ1) is 18.6. The minimum absolute atomic E-state index is 0.0828. The highest BCUT2D eigenvalue weighted by Gasteiger charge is 2.37. The van der Waals surface area contributed by atoms with Gasteiger partial charge in [0.1, 0.15) is 0 Å². The van der Waals surface area contributed by atoms with Gasteiger partial charge in [-0.15, -0.1) is 11.8 Å².